The van der Waals surface area contributed by atoms with Crippen molar-refractivity contribution in [1.82, 2.24) is 9.88 Å². The minimum atomic E-state index is -0.463. The Bertz CT molecular complexity index is 655. The van der Waals surface area contributed by atoms with Crippen LogP contribution in [-0.4, -0.2) is 53.8 Å². The first-order chi connectivity index (χ1) is 12.6. The Morgan fingerprint density at radius 2 is 1.92 bits per heavy atom. The van der Waals surface area contributed by atoms with E-state index >= 15 is 0 Å². The average Bonchev–Trinajstić information content (AvgIpc) is 3.38. The first-order valence-electron chi connectivity index (χ1n) is 9.45. The molecule has 2 amide bonds. The van der Waals surface area contributed by atoms with Gasteiger partial charge in [-0.25, -0.2) is 4.98 Å². The summed E-state index contributed by atoms with van der Waals surface area (Å²) in [5, 5.41) is 5.35. The molecule has 0 radical (unpaired) electrons. The Kier molecular flexibility index (Phi) is 5.24. The van der Waals surface area contributed by atoms with Crippen LogP contribution < -0.4 is 5.32 Å². The molecule has 4 rings (SSSR count). The minimum Gasteiger partial charge on any atom is -0.347 e. The van der Waals surface area contributed by atoms with E-state index in [9.17, 15) is 9.59 Å². The highest BCUT2D eigenvalue weighted by Gasteiger charge is 2.40. The SMILES string of the molecule is O=C(Nc1nc(CC(=O)N2CCC3(CC2)OCCO3)cs1)C1CCCC1. The molecule has 3 aliphatic rings. The third-order valence-electron chi connectivity index (χ3n) is 5.53. The second-order valence-electron chi connectivity index (χ2n) is 7.28. The summed E-state index contributed by atoms with van der Waals surface area (Å²) in [6.07, 6.45) is 5.90. The van der Waals surface area contributed by atoms with Crippen molar-refractivity contribution < 1.29 is 19.1 Å². The monoisotopic (exact) mass is 379 g/mol. The summed E-state index contributed by atoms with van der Waals surface area (Å²) < 4.78 is 11.4. The van der Waals surface area contributed by atoms with Crippen molar-refractivity contribution in [2.75, 3.05) is 31.6 Å². The zero-order valence-corrected chi connectivity index (χ0v) is 15.7. The van der Waals surface area contributed by atoms with Crippen LogP contribution in [0.5, 0.6) is 0 Å². The molecule has 26 heavy (non-hydrogen) atoms. The number of rotatable bonds is 4. The molecule has 1 saturated carbocycles. The van der Waals surface area contributed by atoms with Crippen LogP contribution in [-0.2, 0) is 25.5 Å². The number of aromatic nitrogens is 1. The molecule has 0 aromatic carbocycles. The fraction of sp³-hybridized carbons (Fsp3) is 0.722. The van der Waals surface area contributed by atoms with Crippen molar-refractivity contribution in [3.8, 4) is 0 Å². The number of hydrogen-bond acceptors (Lipinski definition) is 6. The van der Waals surface area contributed by atoms with E-state index in [1.807, 2.05) is 10.3 Å². The Morgan fingerprint density at radius 3 is 2.62 bits per heavy atom. The van der Waals surface area contributed by atoms with E-state index in [1.54, 1.807) is 0 Å². The summed E-state index contributed by atoms with van der Waals surface area (Å²) >= 11 is 1.39. The molecule has 0 bridgehead atoms. The minimum absolute atomic E-state index is 0.0626. The van der Waals surface area contributed by atoms with Crippen molar-refractivity contribution in [3.63, 3.8) is 0 Å². The zero-order valence-electron chi connectivity index (χ0n) is 14.9. The molecule has 3 fully saturated rings. The molecule has 1 aliphatic carbocycles. The van der Waals surface area contributed by atoms with E-state index in [1.165, 1.54) is 11.3 Å². The van der Waals surface area contributed by atoms with Crippen LogP contribution in [0.3, 0.4) is 0 Å². The molecule has 0 atom stereocenters. The number of carbonyl (C=O) groups is 2. The van der Waals surface area contributed by atoms with Crippen LogP contribution in [0.1, 0.15) is 44.2 Å². The molecule has 0 unspecified atom stereocenters. The number of piperidine rings is 1. The molecule has 1 N–H and O–H groups in total. The Labute approximate surface area is 157 Å². The van der Waals surface area contributed by atoms with Crippen LogP contribution in [0.25, 0.3) is 0 Å². The maximum Gasteiger partial charge on any atom is 0.229 e. The fourth-order valence-corrected chi connectivity index (χ4v) is 4.70. The van der Waals surface area contributed by atoms with Gasteiger partial charge in [0.1, 0.15) is 0 Å². The smallest absolute Gasteiger partial charge is 0.229 e. The maximum absolute atomic E-state index is 12.5. The molecule has 1 aromatic rings. The van der Waals surface area contributed by atoms with Crippen molar-refractivity contribution in [2.24, 2.45) is 5.92 Å². The van der Waals surface area contributed by atoms with Crippen LogP contribution in [0.4, 0.5) is 5.13 Å². The lowest BCUT2D eigenvalue weighted by Crippen LogP contribution is -2.47. The summed E-state index contributed by atoms with van der Waals surface area (Å²) in [6.45, 7) is 2.58. The average molecular weight is 379 g/mol. The lowest BCUT2D eigenvalue weighted by Gasteiger charge is -2.37. The highest BCUT2D eigenvalue weighted by Crippen LogP contribution is 2.31. The Balaban J connectivity index is 1.27. The van der Waals surface area contributed by atoms with E-state index in [2.05, 4.69) is 10.3 Å². The summed E-state index contributed by atoms with van der Waals surface area (Å²) in [4.78, 5) is 31.0. The number of hydrogen-bond donors (Lipinski definition) is 1. The predicted molar refractivity (Wildman–Crippen MR) is 96.9 cm³/mol. The molecule has 7 nitrogen and oxygen atoms in total. The number of anilines is 1. The lowest BCUT2D eigenvalue weighted by molar-refractivity contribution is -0.187. The van der Waals surface area contributed by atoms with Crippen molar-refractivity contribution in [3.05, 3.63) is 11.1 Å². The van der Waals surface area contributed by atoms with Gasteiger partial charge in [-0.2, -0.15) is 0 Å². The van der Waals surface area contributed by atoms with Gasteiger partial charge in [0.15, 0.2) is 10.9 Å². The molecule has 2 aliphatic heterocycles. The van der Waals surface area contributed by atoms with Crippen molar-refractivity contribution in [2.45, 2.75) is 50.7 Å². The van der Waals surface area contributed by atoms with Gasteiger partial charge in [0, 0.05) is 37.2 Å². The van der Waals surface area contributed by atoms with E-state index in [0.717, 1.165) is 44.2 Å². The van der Waals surface area contributed by atoms with Gasteiger partial charge >= 0.3 is 0 Å². The Morgan fingerprint density at radius 1 is 1.23 bits per heavy atom. The molecule has 142 valence electrons. The summed E-state index contributed by atoms with van der Waals surface area (Å²) in [5.41, 5.74) is 0.718. The molecule has 1 spiro atoms. The molecule has 1 aromatic heterocycles. The summed E-state index contributed by atoms with van der Waals surface area (Å²) in [5.74, 6) is -0.219. The number of nitrogens with zero attached hydrogens (tertiary/aromatic N) is 2. The van der Waals surface area contributed by atoms with E-state index in [4.69, 9.17) is 9.47 Å². The topological polar surface area (TPSA) is 80.8 Å². The van der Waals surface area contributed by atoms with E-state index < -0.39 is 5.79 Å². The summed E-state index contributed by atoms with van der Waals surface area (Å²) in [7, 11) is 0. The maximum atomic E-state index is 12.5. The van der Waals surface area contributed by atoms with Gasteiger partial charge in [-0.3, -0.25) is 9.59 Å². The van der Waals surface area contributed by atoms with Gasteiger partial charge < -0.3 is 19.7 Å². The summed E-state index contributed by atoms with van der Waals surface area (Å²) in [6, 6.07) is 0. The van der Waals surface area contributed by atoms with Gasteiger partial charge in [-0.1, -0.05) is 12.8 Å². The number of likely N-dealkylation sites (tertiary alicyclic amines) is 1. The third-order valence-corrected chi connectivity index (χ3v) is 6.34. The fourth-order valence-electron chi connectivity index (χ4n) is 3.99. The van der Waals surface area contributed by atoms with Crippen molar-refractivity contribution >= 4 is 28.3 Å². The second-order valence-corrected chi connectivity index (χ2v) is 8.14. The Hall–Kier alpha value is -1.51. The first kappa shape index (κ1) is 17.9. The van der Waals surface area contributed by atoms with E-state index in [-0.39, 0.29) is 24.2 Å². The number of ether oxygens (including phenoxy) is 2. The third kappa shape index (κ3) is 3.92. The van der Waals surface area contributed by atoms with Crippen LogP contribution in [0.2, 0.25) is 0 Å². The van der Waals surface area contributed by atoms with Gasteiger partial charge in [-0.15, -0.1) is 11.3 Å². The zero-order chi connectivity index (χ0) is 18.0. The molecule has 3 heterocycles. The molecular formula is C18H25N3O4S. The van der Waals surface area contributed by atoms with Gasteiger partial charge in [0.05, 0.1) is 25.3 Å². The number of amides is 2. The highest BCUT2D eigenvalue weighted by atomic mass is 32.1. The highest BCUT2D eigenvalue weighted by molar-refractivity contribution is 7.13. The predicted octanol–water partition coefficient (Wildman–Crippen LogP) is 2.18. The van der Waals surface area contributed by atoms with Gasteiger partial charge in [-0.05, 0) is 12.8 Å². The first-order valence-corrected chi connectivity index (χ1v) is 10.3. The number of thiazole rings is 1. The number of carbonyl (C=O) groups excluding carboxylic acids is 2. The molecule has 8 heteroatoms. The normalized spacial score (nSPS) is 22.8. The quantitative estimate of drug-likeness (QED) is 0.867. The van der Waals surface area contributed by atoms with E-state index in [0.29, 0.717) is 31.4 Å². The van der Waals surface area contributed by atoms with Crippen LogP contribution >= 0.6 is 11.3 Å². The molecular weight excluding hydrogens is 354 g/mol. The van der Waals surface area contributed by atoms with Gasteiger partial charge in [0.2, 0.25) is 11.8 Å². The lowest BCUT2D eigenvalue weighted by atomic mass is 10.0. The standard InChI is InChI=1S/C18H25N3O4S/c22-15(21-7-5-18(6-8-21)24-9-10-25-18)11-14-12-26-17(19-14)20-16(23)13-3-1-2-4-13/h12-13H,1-11H2,(H,19,20,23). The second kappa shape index (κ2) is 7.62. The largest absolute Gasteiger partial charge is 0.347 e. The van der Waals surface area contributed by atoms with Crippen LogP contribution in [0, 0.1) is 5.92 Å². The van der Waals surface area contributed by atoms with Crippen LogP contribution in [0.15, 0.2) is 5.38 Å². The number of nitrogens with one attached hydrogen (secondary N) is 1. The molecule has 2 saturated heterocycles. The van der Waals surface area contributed by atoms with Crippen molar-refractivity contribution in [1.29, 1.82) is 0 Å². The van der Waals surface area contributed by atoms with Gasteiger partial charge in [0.25, 0.3) is 0 Å².